The number of benzene rings is 2. The topological polar surface area (TPSA) is 85.5 Å². The molecule has 4 aliphatic rings. The number of hydrogen-bond donors (Lipinski definition) is 1. The first-order valence-corrected chi connectivity index (χ1v) is 11.4. The average molecular weight is 469 g/mol. The predicted octanol–water partition coefficient (Wildman–Crippen LogP) is 5.10. The third-order valence-corrected chi connectivity index (χ3v) is 7.63. The number of Topliss-reactive ketones (excluding diaryl/α,β-unsaturated/α-hetero) is 1. The van der Waals surface area contributed by atoms with Crippen LogP contribution in [0, 0.1) is 18.2 Å². The second-order valence-corrected chi connectivity index (χ2v) is 10.3. The van der Waals surface area contributed by atoms with Gasteiger partial charge in [0.15, 0.2) is 11.9 Å². The standard InChI is InChI=1S/C25H22ClFN2O4/c1-13-2-3-14(6-17(13)27)22-28-23(33-29-22)25-10-24(11-25,12-25)9-19(31)21-8-18(30)16-7-15(26)4-5-20(16)32-21/h2-7,18,21,30H,8-12H2,1H3/t18-,21-,24?,25?/m1/s1. The molecular weight excluding hydrogens is 447 g/mol. The van der Waals surface area contributed by atoms with Crippen molar-refractivity contribution in [3.63, 3.8) is 0 Å². The monoisotopic (exact) mass is 468 g/mol. The number of carbonyl (C=O) groups is 1. The van der Waals surface area contributed by atoms with E-state index in [4.69, 9.17) is 20.9 Å². The Morgan fingerprint density at radius 3 is 2.79 bits per heavy atom. The zero-order chi connectivity index (χ0) is 23.0. The van der Waals surface area contributed by atoms with Crippen LogP contribution in [0.25, 0.3) is 11.4 Å². The van der Waals surface area contributed by atoms with Gasteiger partial charge in [0.05, 0.1) is 11.5 Å². The summed E-state index contributed by atoms with van der Waals surface area (Å²) in [6, 6.07) is 9.95. The fourth-order valence-electron chi connectivity index (χ4n) is 5.80. The Balaban J connectivity index is 1.11. The van der Waals surface area contributed by atoms with Crippen LogP contribution in [0.1, 0.15) is 55.2 Å². The van der Waals surface area contributed by atoms with Gasteiger partial charge in [-0.15, -0.1) is 0 Å². The molecule has 1 N–H and O–H groups in total. The maximum Gasteiger partial charge on any atom is 0.233 e. The number of rotatable bonds is 5. The van der Waals surface area contributed by atoms with E-state index in [1.54, 1.807) is 37.3 Å². The van der Waals surface area contributed by atoms with Crippen molar-refractivity contribution in [2.45, 2.75) is 56.7 Å². The van der Waals surface area contributed by atoms with Crippen molar-refractivity contribution in [1.29, 1.82) is 0 Å². The molecule has 1 aliphatic heterocycles. The van der Waals surface area contributed by atoms with Crippen molar-refractivity contribution >= 4 is 17.4 Å². The largest absolute Gasteiger partial charge is 0.482 e. The predicted molar refractivity (Wildman–Crippen MR) is 117 cm³/mol. The van der Waals surface area contributed by atoms with Gasteiger partial charge in [-0.2, -0.15) is 4.98 Å². The highest BCUT2D eigenvalue weighted by molar-refractivity contribution is 6.30. The van der Waals surface area contributed by atoms with Gasteiger partial charge in [-0.25, -0.2) is 4.39 Å². The molecule has 2 atom stereocenters. The van der Waals surface area contributed by atoms with Gasteiger partial charge >= 0.3 is 0 Å². The lowest BCUT2D eigenvalue weighted by Crippen LogP contribution is -2.65. The first-order chi connectivity index (χ1) is 15.8. The molecule has 3 fully saturated rings. The molecule has 3 aliphatic carbocycles. The normalized spacial score (nSPS) is 29.5. The fraction of sp³-hybridized carbons (Fsp3) is 0.400. The van der Waals surface area contributed by atoms with Crippen LogP contribution in [0.15, 0.2) is 40.9 Å². The molecule has 1 aromatic heterocycles. The molecule has 3 saturated carbocycles. The number of halogens is 2. The highest BCUT2D eigenvalue weighted by atomic mass is 35.5. The summed E-state index contributed by atoms with van der Waals surface area (Å²) >= 11 is 6.01. The zero-order valence-electron chi connectivity index (χ0n) is 18.0. The summed E-state index contributed by atoms with van der Waals surface area (Å²) in [5.74, 6) is 1.15. The Kier molecular flexibility index (Phi) is 4.48. The van der Waals surface area contributed by atoms with Crippen LogP contribution in [0.4, 0.5) is 4.39 Å². The minimum absolute atomic E-state index is 0.00398. The summed E-state index contributed by atoms with van der Waals surface area (Å²) in [7, 11) is 0. The van der Waals surface area contributed by atoms with Crippen molar-refractivity contribution < 1.29 is 23.6 Å². The second kappa shape index (κ2) is 7.11. The molecule has 0 amide bonds. The van der Waals surface area contributed by atoms with Crippen LogP contribution in [0.3, 0.4) is 0 Å². The minimum atomic E-state index is -0.774. The van der Waals surface area contributed by atoms with E-state index in [1.165, 1.54) is 6.07 Å². The Labute approximate surface area is 194 Å². The molecule has 2 aromatic carbocycles. The Morgan fingerprint density at radius 1 is 1.24 bits per heavy atom. The molecular formula is C25H22ClFN2O4. The van der Waals surface area contributed by atoms with Crippen molar-refractivity contribution in [1.82, 2.24) is 10.1 Å². The van der Waals surface area contributed by atoms with Gasteiger partial charge in [0.2, 0.25) is 11.7 Å². The quantitative estimate of drug-likeness (QED) is 0.560. The van der Waals surface area contributed by atoms with Crippen molar-refractivity contribution in [3.8, 4) is 17.1 Å². The molecule has 2 bridgehead atoms. The molecule has 6 nitrogen and oxygen atoms in total. The number of aryl methyl sites for hydroxylation is 1. The third-order valence-electron chi connectivity index (χ3n) is 7.40. The molecule has 7 rings (SSSR count). The van der Waals surface area contributed by atoms with E-state index < -0.39 is 12.2 Å². The van der Waals surface area contributed by atoms with Gasteiger partial charge in [0.25, 0.3) is 0 Å². The maximum atomic E-state index is 13.9. The van der Waals surface area contributed by atoms with E-state index in [-0.39, 0.29) is 28.9 Å². The van der Waals surface area contributed by atoms with E-state index in [9.17, 15) is 14.3 Å². The summed E-state index contributed by atoms with van der Waals surface area (Å²) in [6.45, 7) is 1.71. The van der Waals surface area contributed by atoms with Crippen LogP contribution in [-0.2, 0) is 10.2 Å². The molecule has 33 heavy (non-hydrogen) atoms. The van der Waals surface area contributed by atoms with Crippen LogP contribution in [0.5, 0.6) is 5.75 Å². The summed E-state index contributed by atoms with van der Waals surface area (Å²) in [6.07, 6.45) is 1.60. The van der Waals surface area contributed by atoms with Gasteiger partial charge in [-0.1, -0.05) is 28.9 Å². The number of ether oxygens (including phenoxy) is 1. The minimum Gasteiger partial charge on any atom is -0.482 e. The fourth-order valence-corrected chi connectivity index (χ4v) is 5.98. The molecule has 3 aromatic rings. The lowest BCUT2D eigenvalue weighted by atomic mass is 9.34. The van der Waals surface area contributed by atoms with E-state index in [1.807, 2.05) is 0 Å². The van der Waals surface area contributed by atoms with E-state index in [0.29, 0.717) is 45.6 Å². The summed E-state index contributed by atoms with van der Waals surface area (Å²) in [5, 5.41) is 15.0. The molecule has 0 unspecified atom stereocenters. The number of aliphatic hydroxyl groups excluding tert-OH is 1. The summed E-state index contributed by atoms with van der Waals surface area (Å²) in [4.78, 5) is 17.5. The van der Waals surface area contributed by atoms with Crippen LogP contribution in [-0.4, -0.2) is 27.1 Å². The molecule has 2 heterocycles. The van der Waals surface area contributed by atoms with Gasteiger partial charge in [-0.3, -0.25) is 4.79 Å². The Bertz CT molecular complexity index is 1270. The first-order valence-electron chi connectivity index (χ1n) is 11.0. The number of hydrogen-bond acceptors (Lipinski definition) is 6. The van der Waals surface area contributed by atoms with Crippen molar-refractivity contribution in [2.75, 3.05) is 0 Å². The molecule has 170 valence electrons. The van der Waals surface area contributed by atoms with Gasteiger partial charge in [0.1, 0.15) is 11.6 Å². The van der Waals surface area contributed by atoms with E-state index in [2.05, 4.69) is 10.1 Å². The number of fused-ring (bicyclic) bond motifs is 1. The van der Waals surface area contributed by atoms with Gasteiger partial charge in [0, 0.05) is 29.0 Å². The van der Waals surface area contributed by atoms with Crippen molar-refractivity contribution in [3.05, 3.63) is 64.3 Å². The van der Waals surface area contributed by atoms with Gasteiger partial charge < -0.3 is 14.4 Å². The molecule has 8 heteroatoms. The average Bonchev–Trinajstić information content (AvgIpc) is 3.21. The van der Waals surface area contributed by atoms with Crippen molar-refractivity contribution in [2.24, 2.45) is 5.41 Å². The number of ketones is 1. The SMILES string of the molecule is Cc1ccc(-c2noc(C34CC(CC(=O)[C@H]5C[C@@H](O)c6cc(Cl)ccc6O5)(C3)C4)n2)cc1F. The lowest BCUT2D eigenvalue weighted by Gasteiger charge is -2.68. The smallest absolute Gasteiger partial charge is 0.233 e. The number of carbonyl (C=O) groups excluding carboxylic acids is 1. The molecule has 0 saturated heterocycles. The Hall–Kier alpha value is -2.77. The first kappa shape index (κ1) is 20.8. The van der Waals surface area contributed by atoms with Gasteiger partial charge in [-0.05, 0) is 61.4 Å². The Morgan fingerprint density at radius 2 is 2.03 bits per heavy atom. The van der Waals surface area contributed by atoms with Crippen LogP contribution >= 0.6 is 11.6 Å². The van der Waals surface area contributed by atoms with Crippen LogP contribution in [0.2, 0.25) is 5.02 Å². The number of nitrogens with zero attached hydrogens (tertiary/aromatic N) is 2. The molecule has 0 radical (unpaired) electrons. The number of aliphatic hydroxyl groups is 1. The zero-order valence-corrected chi connectivity index (χ0v) is 18.7. The van der Waals surface area contributed by atoms with E-state index in [0.717, 1.165) is 19.3 Å². The third kappa shape index (κ3) is 3.28. The highest BCUT2D eigenvalue weighted by Crippen LogP contribution is 2.75. The lowest BCUT2D eigenvalue weighted by molar-refractivity contribution is -0.172. The summed E-state index contributed by atoms with van der Waals surface area (Å²) < 4.78 is 25.3. The van der Waals surface area contributed by atoms with E-state index >= 15 is 0 Å². The maximum absolute atomic E-state index is 13.9. The molecule has 0 spiro atoms. The summed E-state index contributed by atoms with van der Waals surface area (Å²) in [5.41, 5.74) is 1.51. The van der Waals surface area contributed by atoms with Crippen LogP contribution < -0.4 is 4.74 Å². The highest BCUT2D eigenvalue weighted by Gasteiger charge is 2.71. The second-order valence-electron chi connectivity index (χ2n) is 9.88. The number of aromatic nitrogens is 2.